The fourth-order valence-corrected chi connectivity index (χ4v) is 3.32. The summed E-state index contributed by atoms with van der Waals surface area (Å²) < 4.78 is 6.05. The van der Waals surface area contributed by atoms with Crippen molar-refractivity contribution in [1.82, 2.24) is 5.32 Å². The molecule has 0 fully saturated rings. The van der Waals surface area contributed by atoms with Crippen molar-refractivity contribution in [1.29, 1.82) is 0 Å². The maximum absolute atomic E-state index is 12.7. The molecule has 0 bridgehead atoms. The standard InChI is InChI=1S/C22H22N2O2/c1-12(2)15-8-9-19-16(10-15)11-18-21(25)23-20(24-22(18)26-19)17-7-5-6-13(3)14(17)4/h5-12,22H,1-4H3,(H,23,24,25). The van der Waals surface area contributed by atoms with Crippen LogP contribution in [0.3, 0.4) is 0 Å². The van der Waals surface area contributed by atoms with Gasteiger partial charge in [0, 0.05) is 11.1 Å². The summed E-state index contributed by atoms with van der Waals surface area (Å²) in [5, 5.41) is 2.93. The molecule has 26 heavy (non-hydrogen) atoms. The largest absolute Gasteiger partial charge is 0.464 e. The first-order chi connectivity index (χ1) is 12.4. The van der Waals surface area contributed by atoms with Gasteiger partial charge in [0.2, 0.25) is 6.23 Å². The summed E-state index contributed by atoms with van der Waals surface area (Å²) in [4.78, 5) is 17.4. The van der Waals surface area contributed by atoms with Gasteiger partial charge in [0.1, 0.15) is 11.6 Å². The number of aliphatic imine (C=N–C) groups is 1. The molecule has 2 heterocycles. The van der Waals surface area contributed by atoms with Gasteiger partial charge in [-0.25, -0.2) is 4.99 Å². The Balaban J connectivity index is 1.75. The summed E-state index contributed by atoms with van der Waals surface area (Å²) in [5.41, 5.74) is 5.91. The molecule has 1 N–H and O–H groups in total. The van der Waals surface area contributed by atoms with Crippen molar-refractivity contribution in [2.24, 2.45) is 4.99 Å². The summed E-state index contributed by atoms with van der Waals surface area (Å²) in [6.07, 6.45) is 1.30. The number of hydrogen-bond acceptors (Lipinski definition) is 3. The number of aryl methyl sites for hydroxylation is 1. The van der Waals surface area contributed by atoms with E-state index in [1.165, 1.54) is 5.56 Å². The molecule has 2 aliphatic heterocycles. The number of nitrogens with one attached hydrogen (secondary N) is 1. The molecule has 2 aromatic carbocycles. The Morgan fingerprint density at radius 2 is 1.96 bits per heavy atom. The predicted molar refractivity (Wildman–Crippen MR) is 104 cm³/mol. The minimum Gasteiger partial charge on any atom is -0.464 e. The van der Waals surface area contributed by atoms with Crippen LogP contribution in [0.4, 0.5) is 0 Å². The first-order valence-electron chi connectivity index (χ1n) is 8.92. The maximum Gasteiger partial charge on any atom is 0.258 e. The Hall–Kier alpha value is -2.88. The first-order valence-corrected chi connectivity index (χ1v) is 8.92. The van der Waals surface area contributed by atoms with Gasteiger partial charge in [0.05, 0.1) is 5.57 Å². The number of amidine groups is 1. The number of ether oxygens (including phenoxy) is 1. The number of carbonyl (C=O) groups excluding carboxylic acids is 1. The van der Waals surface area contributed by atoms with Crippen molar-refractivity contribution >= 4 is 17.8 Å². The van der Waals surface area contributed by atoms with E-state index >= 15 is 0 Å². The Labute approximate surface area is 153 Å². The quantitative estimate of drug-likeness (QED) is 0.890. The molecule has 0 saturated carbocycles. The highest BCUT2D eigenvalue weighted by Crippen LogP contribution is 2.34. The molecule has 0 spiro atoms. The van der Waals surface area contributed by atoms with Crippen LogP contribution in [0, 0.1) is 13.8 Å². The number of amides is 1. The van der Waals surface area contributed by atoms with E-state index in [0.717, 1.165) is 28.0 Å². The van der Waals surface area contributed by atoms with Crippen molar-refractivity contribution in [2.45, 2.75) is 39.8 Å². The topological polar surface area (TPSA) is 50.7 Å². The minimum atomic E-state index is -0.601. The average molecular weight is 346 g/mol. The van der Waals surface area contributed by atoms with E-state index in [-0.39, 0.29) is 5.91 Å². The predicted octanol–water partition coefficient (Wildman–Crippen LogP) is 4.11. The number of hydrogen-bond donors (Lipinski definition) is 1. The molecule has 132 valence electrons. The first kappa shape index (κ1) is 16.6. The SMILES string of the molecule is Cc1cccc(C2=NC3Oc4ccc(C(C)C)cc4C=C3C(=O)N2)c1C. The van der Waals surface area contributed by atoms with Gasteiger partial charge in [-0.05, 0) is 54.7 Å². The monoisotopic (exact) mass is 346 g/mol. The molecule has 0 radical (unpaired) electrons. The minimum absolute atomic E-state index is 0.151. The van der Waals surface area contributed by atoms with Crippen LogP contribution in [0.25, 0.3) is 6.08 Å². The lowest BCUT2D eigenvalue weighted by Crippen LogP contribution is -2.44. The normalized spacial score (nSPS) is 18.3. The van der Waals surface area contributed by atoms with Crippen molar-refractivity contribution in [3.05, 3.63) is 69.8 Å². The van der Waals surface area contributed by atoms with Crippen molar-refractivity contribution in [3.8, 4) is 5.75 Å². The van der Waals surface area contributed by atoms with Crippen LogP contribution in [0.5, 0.6) is 5.75 Å². The third-order valence-corrected chi connectivity index (χ3v) is 5.12. The van der Waals surface area contributed by atoms with E-state index in [1.807, 2.05) is 31.2 Å². The highest BCUT2D eigenvalue weighted by molar-refractivity contribution is 6.17. The smallest absolute Gasteiger partial charge is 0.258 e. The van der Waals surface area contributed by atoms with Gasteiger partial charge in [0.25, 0.3) is 5.91 Å². The van der Waals surface area contributed by atoms with Gasteiger partial charge in [-0.3, -0.25) is 4.79 Å². The second-order valence-corrected chi connectivity index (χ2v) is 7.20. The Bertz CT molecular complexity index is 970. The number of nitrogens with zero attached hydrogens (tertiary/aromatic N) is 1. The molecule has 2 aliphatic rings. The molecular weight excluding hydrogens is 324 g/mol. The van der Waals surface area contributed by atoms with Gasteiger partial charge < -0.3 is 10.1 Å². The van der Waals surface area contributed by atoms with Crippen molar-refractivity contribution < 1.29 is 9.53 Å². The second kappa shape index (κ2) is 6.13. The fraction of sp³-hybridized carbons (Fsp3) is 0.273. The van der Waals surface area contributed by atoms with Gasteiger partial charge >= 0.3 is 0 Å². The Kier molecular flexibility index (Phi) is 3.91. The molecule has 4 heteroatoms. The lowest BCUT2D eigenvalue weighted by Gasteiger charge is -2.29. The fourth-order valence-electron chi connectivity index (χ4n) is 3.32. The molecule has 4 rings (SSSR count). The number of rotatable bonds is 2. The summed E-state index contributed by atoms with van der Waals surface area (Å²) >= 11 is 0. The Morgan fingerprint density at radius 3 is 2.73 bits per heavy atom. The zero-order valence-corrected chi connectivity index (χ0v) is 15.5. The average Bonchev–Trinajstić information content (AvgIpc) is 2.62. The zero-order chi connectivity index (χ0) is 18.4. The van der Waals surface area contributed by atoms with Crippen LogP contribution in [-0.2, 0) is 4.79 Å². The molecule has 4 nitrogen and oxygen atoms in total. The van der Waals surface area contributed by atoms with E-state index in [1.54, 1.807) is 0 Å². The van der Waals surface area contributed by atoms with Crippen LogP contribution in [0.15, 0.2) is 47.0 Å². The zero-order valence-electron chi connectivity index (χ0n) is 15.5. The molecule has 0 aliphatic carbocycles. The molecule has 1 atom stereocenters. The van der Waals surface area contributed by atoms with Crippen molar-refractivity contribution in [3.63, 3.8) is 0 Å². The third-order valence-electron chi connectivity index (χ3n) is 5.12. The second-order valence-electron chi connectivity index (χ2n) is 7.20. The summed E-state index contributed by atoms with van der Waals surface area (Å²) in [6, 6.07) is 12.1. The highest BCUT2D eigenvalue weighted by Gasteiger charge is 2.33. The Morgan fingerprint density at radius 1 is 1.15 bits per heavy atom. The lowest BCUT2D eigenvalue weighted by molar-refractivity contribution is -0.117. The number of benzene rings is 2. The van der Waals surface area contributed by atoms with Gasteiger partial charge in [-0.1, -0.05) is 38.1 Å². The molecule has 1 amide bonds. The molecule has 0 aromatic heterocycles. The maximum atomic E-state index is 12.7. The van der Waals surface area contributed by atoms with Crippen molar-refractivity contribution in [2.75, 3.05) is 0 Å². The van der Waals surface area contributed by atoms with Gasteiger partial charge in [-0.15, -0.1) is 0 Å². The third kappa shape index (κ3) is 2.71. The summed E-state index contributed by atoms with van der Waals surface area (Å²) in [6.45, 7) is 8.38. The summed E-state index contributed by atoms with van der Waals surface area (Å²) in [5.74, 6) is 1.61. The summed E-state index contributed by atoms with van der Waals surface area (Å²) in [7, 11) is 0. The van der Waals surface area contributed by atoms with Crippen LogP contribution in [-0.4, -0.2) is 18.0 Å². The lowest BCUT2D eigenvalue weighted by atomic mass is 9.96. The molecule has 1 unspecified atom stereocenters. The van der Waals surface area contributed by atoms with E-state index in [2.05, 4.69) is 49.3 Å². The van der Waals surface area contributed by atoms with Crippen LogP contribution < -0.4 is 10.1 Å². The van der Waals surface area contributed by atoms with E-state index < -0.39 is 6.23 Å². The molecule has 0 saturated heterocycles. The van der Waals surface area contributed by atoms with Gasteiger partial charge in [0.15, 0.2) is 0 Å². The van der Waals surface area contributed by atoms with E-state index in [9.17, 15) is 4.79 Å². The van der Waals surface area contributed by atoms with Gasteiger partial charge in [-0.2, -0.15) is 0 Å². The molecular formula is C22H22N2O2. The highest BCUT2D eigenvalue weighted by atomic mass is 16.5. The van der Waals surface area contributed by atoms with Crippen LogP contribution in [0.2, 0.25) is 0 Å². The van der Waals surface area contributed by atoms with E-state index in [0.29, 0.717) is 17.3 Å². The van der Waals surface area contributed by atoms with Crippen LogP contribution in [0.1, 0.15) is 47.6 Å². The number of carbonyl (C=O) groups is 1. The van der Waals surface area contributed by atoms with Crippen LogP contribution >= 0.6 is 0 Å². The number of fused-ring (bicyclic) bond motifs is 2. The van der Waals surface area contributed by atoms with E-state index in [4.69, 9.17) is 4.74 Å². The molecule has 2 aromatic rings.